The number of carbonyl (C=O) groups is 1. The van der Waals surface area contributed by atoms with Gasteiger partial charge in [0.05, 0.1) is 10.6 Å². The normalized spacial score (nSPS) is 11.1. The van der Waals surface area contributed by atoms with Crippen LogP contribution in [0.5, 0.6) is 5.75 Å². The zero-order valence-electron chi connectivity index (χ0n) is 16.8. The number of nitrogens with one attached hydrogen (secondary N) is 2. The van der Waals surface area contributed by atoms with E-state index in [1.54, 1.807) is 31.2 Å². The minimum atomic E-state index is -3.81. The predicted octanol–water partition coefficient (Wildman–Crippen LogP) is 4.40. The molecule has 0 radical (unpaired) electrons. The van der Waals surface area contributed by atoms with Gasteiger partial charge in [0, 0.05) is 11.8 Å². The molecular formula is C22H20F2N2O4S. The highest BCUT2D eigenvalue weighted by atomic mass is 32.2. The van der Waals surface area contributed by atoms with E-state index in [-0.39, 0.29) is 16.3 Å². The fraction of sp³-hybridized carbons (Fsp3) is 0.136. The molecule has 0 atom stereocenters. The van der Waals surface area contributed by atoms with Gasteiger partial charge in [-0.05, 0) is 61.9 Å². The number of benzene rings is 3. The monoisotopic (exact) mass is 446 g/mol. The first-order valence-corrected chi connectivity index (χ1v) is 10.7. The van der Waals surface area contributed by atoms with E-state index in [0.29, 0.717) is 11.3 Å². The van der Waals surface area contributed by atoms with Crippen LogP contribution in [0, 0.1) is 25.5 Å². The minimum absolute atomic E-state index is 0.0317. The summed E-state index contributed by atoms with van der Waals surface area (Å²) in [5, 5.41) is 2.22. The summed E-state index contributed by atoms with van der Waals surface area (Å²) in [4.78, 5) is 12.0. The Bertz CT molecular complexity index is 1210. The summed E-state index contributed by atoms with van der Waals surface area (Å²) in [6, 6.07) is 13.8. The summed E-state index contributed by atoms with van der Waals surface area (Å²) in [6.45, 7) is 3.06. The Labute approximate surface area is 178 Å². The second kappa shape index (κ2) is 9.13. The van der Waals surface area contributed by atoms with Crippen molar-refractivity contribution in [2.24, 2.45) is 0 Å². The number of ether oxygens (including phenoxy) is 1. The van der Waals surface area contributed by atoms with Gasteiger partial charge in [-0.15, -0.1) is 0 Å². The number of carbonyl (C=O) groups excluding carboxylic acids is 1. The van der Waals surface area contributed by atoms with Crippen molar-refractivity contribution in [1.29, 1.82) is 0 Å². The van der Waals surface area contributed by atoms with Crippen LogP contribution in [-0.4, -0.2) is 20.9 Å². The van der Waals surface area contributed by atoms with E-state index >= 15 is 0 Å². The fourth-order valence-corrected chi connectivity index (χ4v) is 3.85. The third-order valence-corrected chi connectivity index (χ3v) is 5.70. The first kappa shape index (κ1) is 22.2. The molecule has 0 fully saturated rings. The average molecular weight is 446 g/mol. The van der Waals surface area contributed by atoms with Crippen LogP contribution in [0.2, 0.25) is 0 Å². The van der Waals surface area contributed by atoms with Crippen LogP contribution in [0.4, 0.5) is 20.2 Å². The third-order valence-electron chi connectivity index (χ3n) is 4.32. The molecule has 0 aliphatic rings. The molecular weight excluding hydrogens is 426 g/mol. The van der Waals surface area contributed by atoms with Gasteiger partial charge in [-0.1, -0.05) is 17.7 Å². The Kier molecular flexibility index (Phi) is 6.55. The standard InChI is InChI=1S/C22H20F2N2O4S/c1-14-3-6-17(7-4-14)26-31(28,29)18-8-10-21(15(2)11-18)30-13-22(27)25-20-12-16(23)5-9-19(20)24/h3-12,26H,13H2,1-2H3,(H,25,27). The molecule has 0 spiro atoms. The summed E-state index contributed by atoms with van der Waals surface area (Å²) < 4.78 is 59.9. The quantitative estimate of drug-likeness (QED) is 0.564. The number of hydrogen-bond acceptors (Lipinski definition) is 4. The molecule has 0 unspecified atom stereocenters. The van der Waals surface area contributed by atoms with Gasteiger partial charge in [-0.25, -0.2) is 17.2 Å². The Morgan fingerprint density at radius 1 is 0.968 bits per heavy atom. The van der Waals surface area contributed by atoms with E-state index in [4.69, 9.17) is 4.74 Å². The highest BCUT2D eigenvalue weighted by Crippen LogP contribution is 2.24. The molecule has 0 aliphatic heterocycles. The minimum Gasteiger partial charge on any atom is -0.483 e. The molecule has 3 aromatic rings. The van der Waals surface area contributed by atoms with Crippen LogP contribution in [0.15, 0.2) is 65.6 Å². The van der Waals surface area contributed by atoms with Crippen LogP contribution in [0.1, 0.15) is 11.1 Å². The molecule has 9 heteroatoms. The molecule has 3 aromatic carbocycles. The van der Waals surface area contributed by atoms with Gasteiger partial charge in [0.25, 0.3) is 15.9 Å². The summed E-state index contributed by atoms with van der Waals surface area (Å²) in [5.41, 5.74) is 1.62. The lowest BCUT2D eigenvalue weighted by Gasteiger charge is -2.13. The second-order valence-electron chi connectivity index (χ2n) is 6.86. The van der Waals surface area contributed by atoms with Crippen LogP contribution in [-0.2, 0) is 14.8 Å². The van der Waals surface area contributed by atoms with Gasteiger partial charge in [-0.2, -0.15) is 0 Å². The number of aryl methyl sites for hydroxylation is 2. The molecule has 0 saturated carbocycles. The lowest BCUT2D eigenvalue weighted by atomic mass is 10.2. The van der Waals surface area contributed by atoms with Crippen LogP contribution in [0.25, 0.3) is 0 Å². The number of anilines is 2. The van der Waals surface area contributed by atoms with Crippen LogP contribution < -0.4 is 14.8 Å². The van der Waals surface area contributed by atoms with Gasteiger partial charge >= 0.3 is 0 Å². The number of halogens is 2. The maximum Gasteiger partial charge on any atom is 0.262 e. The zero-order chi connectivity index (χ0) is 22.6. The van der Waals surface area contributed by atoms with Gasteiger partial charge in [0.2, 0.25) is 0 Å². The molecule has 162 valence electrons. The number of sulfonamides is 1. The van der Waals surface area contributed by atoms with E-state index in [1.807, 2.05) is 6.92 Å². The number of hydrogen-bond donors (Lipinski definition) is 2. The molecule has 0 bridgehead atoms. The Hall–Kier alpha value is -3.46. The molecule has 1 amide bonds. The van der Waals surface area contributed by atoms with Gasteiger partial charge in [0.15, 0.2) is 6.61 Å². The maximum atomic E-state index is 13.6. The lowest BCUT2D eigenvalue weighted by molar-refractivity contribution is -0.118. The van der Waals surface area contributed by atoms with Crippen molar-refractivity contribution in [2.75, 3.05) is 16.6 Å². The van der Waals surface area contributed by atoms with Crippen molar-refractivity contribution in [2.45, 2.75) is 18.7 Å². The van der Waals surface area contributed by atoms with Crippen molar-refractivity contribution in [3.8, 4) is 5.75 Å². The maximum absolute atomic E-state index is 13.6. The van der Waals surface area contributed by atoms with Gasteiger partial charge < -0.3 is 10.1 Å². The summed E-state index contributed by atoms with van der Waals surface area (Å²) in [5.74, 6) is -1.88. The second-order valence-corrected chi connectivity index (χ2v) is 8.54. The van der Waals surface area contributed by atoms with Crippen molar-refractivity contribution < 1.29 is 26.7 Å². The molecule has 0 aromatic heterocycles. The van der Waals surface area contributed by atoms with Gasteiger partial charge in [0.1, 0.15) is 17.4 Å². The zero-order valence-corrected chi connectivity index (χ0v) is 17.6. The van der Waals surface area contributed by atoms with E-state index in [2.05, 4.69) is 10.0 Å². The predicted molar refractivity (Wildman–Crippen MR) is 114 cm³/mol. The molecule has 2 N–H and O–H groups in total. The van der Waals surface area contributed by atoms with Crippen molar-refractivity contribution in [3.05, 3.63) is 83.4 Å². The summed E-state index contributed by atoms with van der Waals surface area (Å²) in [7, 11) is -3.81. The summed E-state index contributed by atoms with van der Waals surface area (Å²) >= 11 is 0. The molecule has 0 heterocycles. The van der Waals surface area contributed by atoms with Crippen molar-refractivity contribution in [3.63, 3.8) is 0 Å². The van der Waals surface area contributed by atoms with Crippen molar-refractivity contribution in [1.82, 2.24) is 0 Å². The molecule has 6 nitrogen and oxygen atoms in total. The van der Waals surface area contributed by atoms with Crippen molar-refractivity contribution >= 4 is 27.3 Å². The smallest absolute Gasteiger partial charge is 0.262 e. The largest absolute Gasteiger partial charge is 0.483 e. The third kappa shape index (κ3) is 5.79. The Morgan fingerprint density at radius 2 is 1.68 bits per heavy atom. The highest BCUT2D eigenvalue weighted by molar-refractivity contribution is 7.92. The van der Waals surface area contributed by atoms with Crippen LogP contribution in [0.3, 0.4) is 0 Å². The highest BCUT2D eigenvalue weighted by Gasteiger charge is 2.16. The molecule has 31 heavy (non-hydrogen) atoms. The molecule has 3 rings (SSSR count). The Balaban J connectivity index is 1.65. The van der Waals surface area contributed by atoms with E-state index in [1.165, 1.54) is 18.2 Å². The first-order valence-electron chi connectivity index (χ1n) is 9.22. The lowest BCUT2D eigenvalue weighted by Crippen LogP contribution is -2.21. The average Bonchev–Trinajstić information content (AvgIpc) is 2.71. The SMILES string of the molecule is Cc1ccc(NS(=O)(=O)c2ccc(OCC(=O)Nc3cc(F)ccc3F)c(C)c2)cc1. The molecule has 0 saturated heterocycles. The van der Waals surface area contributed by atoms with E-state index in [0.717, 1.165) is 23.8 Å². The molecule has 0 aliphatic carbocycles. The van der Waals surface area contributed by atoms with E-state index < -0.39 is 34.2 Å². The first-order chi connectivity index (χ1) is 14.6. The fourth-order valence-electron chi connectivity index (χ4n) is 2.71. The van der Waals surface area contributed by atoms with Gasteiger partial charge in [-0.3, -0.25) is 9.52 Å². The van der Waals surface area contributed by atoms with E-state index in [9.17, 15) is 22.0 Å². The number of rotatable bonds is 7. The topological polar surface area (TPSA) is 84.5 Å². The number of amides is 1. The summed E-state index contributed by atoms with van der Waals surface area (Å²) in [6.07, 6.45) is 0. The van der Waals surface area contributed by atoms with Crippen LogP contribution >= 0.6 is 0 Å². The Morgan fingerprint density at radius 3 is 2.35 bits per heavy atom.